The summed E-state index contributed by atoms with van der Waals surface area (Å²) in [6, 6.07) is 39.4. The van der Waals surface area contributed by atoms with E-state index >= 15 is 0 Å². The van der Waals surface area contributed by atoms with Gasteiger partial charge in [0, 0.05) is 53.5 Å². The molecule has 8 rings (SSSR count). The molecule has 1 aliphatic rings. The molecule has 4 heterocycles. The van der Waals surface area contributed by atoms with Crippen molar-refractivity contribution in [1.29, 1.82) is 0 Å². The summed E-state index contributed by atoms with van der Waals surface area (Å²) in [5.41, 5.74) is 7.09. The van der Waals surface area contributed by atoms with E-state index in [4.69, 9.17) is 0 Å². The third-order valence-corrected chi connectivity index (χ3v) is 7.41. The molecular weight excluding hydrogens is 669 g/mol. The van der Waals surface area contributed by atoms with Crippen LogP contribution in [0, 0.1) is 12.7 Å². The largest absolute Gasteiger partial charge is 0.506 e. The number of fused-ring (bicyclic) bond motifs is 6. The number of aromatic nitrogens is 2. The number of para-hydroxylation sites is 2. The van der Waals surface area contributed by atoms with Crippen molar-refractivity contribution in [3.05, 3.63) is 134 Å². The molecule has 4 aromatic carbocycles. The summed E-state index contributed by atoms with van der Waals surface area (Å²) >= 11 is 0. The third kappa shape index (κ3) is 4.42. The molecule has 7 aromatic rings. The first kappa shape index (κ1) is 26.1. The topological polar surface area (TPSA) is 23.8 Å². The summed E-state index contributed by atoms with van der Waals surface area (Å²) in [6.07, 6.45) is 6.05. The molecule has 0 spiro atoms. The molecular formula is C35H28IrN4-2. The van der Waals surface area contributed by atoms with Gasteiger partial charge in [-0.1, -0.05) is 48.5 Å². The molecule has 0 atom stereocenters. The molecule has 0 bridgehead atoms. The van der Waals surface area contributed by atoms with Crippen LogP contribution in [0.3, 0.4) is 0 Å². The van der Waals surface area contributed by atoms with Crippen LogP contribution in [0.2, 0.25) is 0 Å². The van der Waals surface area contributed by atoms with Gasteiger partial charge in [0.25, 0.3) is 0 Å². The summed E-state index contributed by atoms with van der Waals surface area (Å²) in [5.74, 6) is 0. The maximum absolute atomic E-state index is 4.22. The molecule has 3 aromatic heterocycles. The van der Waals surface area contributed by atoms with Gasteiger partial charge in [0.1, 0.15) is 0 Å². The molecule has 4 nitrogen and oxygen atoms in total. The first-order chi connectivity index (χ1) is 19.2. The van der Waals surface area contributed by atoms with Gasteiger partial charge >= 0.3 is 0 Å². The Morgan fingerprint density at radius 1 is 0.725 bits per heavy atom. The van der Waals surface area contributed by atoms with Crippen LogP contribution in [-0.2, 0) is 20.1 Å². The van der Waals surface area contributed by atoms with Gasteiger partial charge in [-0.3, -0.25) is 0 Å². The van der Waals surface area contributed by atoms with Gasteiger partial charge in [0.05, 0.1) is 16.6 Å². The molecule has 1 radical (unpaired) electrons. The standard InChI is InChI=1S/C24H20N3.C11H8N.Ir/c1-16(2)25-12-13-26(15-25)17-10-11-23-21(14-17)20-8-5-7-19-18-6-3-4-9-22(18)27(23)24(19)20;1-2-6-10(7-3-1)11-8-4-5-9-12-11;/h3-16H,1-2H3;1-6,8-9H;/q2*-1;. The summed E-state index contributed by atoms with van der Waals surface area (Å²) in [6.45, 7) is 6.57. The molecule has 0 N–H and O–H groups in total. The van der Waals surface area contributed by atoms with Crippen LogP contribution in [0.25, 0.3) is 49.4 Å². The van der Waals surface area contributed by atoms with Gasteiger partial charge in [-0.25, -0.2) is 0 Å². The molecule has 1 aliphatic heterocycles. The summed E-state index contributed by atoms with van der Waals surface area (Å²) in [4.78, 5) is 8.65. The van der Waals surface area contributed by atoms with Gasteiger partial charge in [-0.05, 0) is 68.3 Å². The predicted octanol–water partition coefficient (Wildman–Crippen LogP) is 8.50. The van der Waals surface area contributed by atoms with Crippen molar-refractivity contribution in [2.24, 2.45) is 0 Å². The number of rotatable bonds is 3. The third-order valence-electron chi connectivity index (χ3n) is 7.41. The van der Waals surface area contributed by atoms with Gasteiger partial charge in [0.2, 0.25) is 0 Å². The molecule has 0 amide bonds. The van der Waals surface area contributed by atoms with Crippen molar-refractivity contribution in [2.75, 3.05) is 4.90 Å². The number of pyridine rings is 1. The molecule has 5 heteroatoms. The van der Waals surface area contributed by atoms with E-state index in [9.17, 15) is 0 Å². The summed E-state index contributed by atoms with van der Waals surface area (Å²) in [7, 11) is 0. The van der Waals surface area contributed by atoms with Gasteiger partial charge in [0.15, 0.2) is 0 Å². The number of hydrogen-bond acceptors (Lipinski definition) is 3. The number of benzene rings is 4. The average Bonchev–Trinajstić information content (AvgIpc) is 3.71. The first-order valence-corrected chi connectivity index (χ1v) is 13.3. The average molecular weight is 697 g/mol. The second-order valence-corrected chi connectivity index (χ2v) is 10.1. The molecule has 0 fully saturated rings. The fourth-order valence-corrected chi connectivity index (χ4v) is 5.48. The van der Waals surface area contributed by atoms with Crippen molar-refractivity contribution in [3.8, 4) is 11.3 Å². The van der Waals surface area contributed by atoms with E-state index in [2.05, 4.69) is 119 Å². The second kappa shape index (κ2) is 10.8. The molecule has 199 valence electrons. The van der Waals surface area contributed by atoms with Crippen LogP contribution < -0.4 is 4.90 Å². The van der Waals surface area contributed by atoms with E-state index in [0.717, 1.165) is 11.3 Å². The molecule has 0 unspecified atom stereocenters. The smallest absolute Gasteiger partial charge is 0.0620 e. The zero-order valence-electron chi connectivity index (χ0n) is 22.3. The number of anilines is 1. The Hall–Kier alpha value is -4.18. The fraction of sp³-hybridized carbons (Fsp3) is 0.0857. The SMILES string of the molecule is CC(C)N1C=CN(c2ccc3c(c2)c2cccc4c5ccccc5n3c42)[CH-]1.[Ir].[c-]1ccccc1-c1ccccn1. The quantitative estimate of drug-likeness (QED) is 0.173. The van der Waals surface area contributed by atoms with E-state index in [1.165, 1.54) is 43.8 Å². The second-order valence-electron chi connectivity index (χ2n) is 10.1. The maximum atomic E-state index is 4.22. The Morgan fingerprint density at radius 3 is 2.23 bits per heavy atom. The Labute approximate surface area is 247 Å². The molecule has 0 saturated carbocycles. The van der Waals surface area contributed by atoms with Crippen LogP contribution in [0.4, 0.5) is 5.69 Å². The summed E-state index contributed by atoms with van der Waals surface area (Å²) < 4.78 is 2.42. The minimum absolute atomic E-state index is 0. The van der Waals surface area contributed by atoms with E-state index in [1.54, 1.807) is 6.20 Å². The van der Waals surface area contributed by atoms with Crippen molar-refractivity contribution in [2.45, 2.75) is 19.9 Å². The van der Waals surface area contributed by atoms with Crippen molar-refractivity contribution >= 4 is 43.8 Å². The van der Waals surface area contributed by atoms with Crippen molar-refractivity contribution in [1.82, 2.24) is 14.3 Å². The zero-order valence-corrected chi connectivity index (χ0v) is 24.7. The number of hydrogen-bond donors (Lipinski definition) is 0. The van der Waals surface area contributed by atoms with Crippen molar-refractivity contribution in [3.63, 3.8) is 0 Å². The van der Waals surface area contributed by atoms with Crippen LogP contribution in [-0.4, -0.2) is 20.3 Å². The van der Waals surface area contributed by atoms with E-state index in [0.29, 0.717) is 6.04 Å². The monoisotopic (exact) mass is 697 g/mol. The van der Waals surface area contributed by atoms with Gasteiger partial charge in [-0.2, -0.15) is 6.67 Å². The van der Waals surface area contributed by atoms with Gasteiger partial charge < -0.3 is 19.2 Å². The van der Waals surface area contributed by atoms with Crippen LogP contribution in [0.1, 0.15) is 13.8 Å². The van der Waals surface area contributed by atoms with Crippen LogP contribution in [0.5, 0.6) is 0 Å². The summed E-state index contributed by atoms with van der Waals surface area (Å²) in [5, 5.41) is 5.29. The van der Waals surface area contributed by atoms with E-state index < -0.39 is 0 Å². The van der Waals surface area contributed by atoms with Crippen molar-refractivity contribution < 1.29 is 20.1 Å². The Bertz CT molecular complexity index is 1890. The Morgan fingerprint density at radius 2 is 1.48 bits per heavy atom. The number of nitrogens with zero attached hydrogens (tertiary/aromatic N) is 4. The fourth-order valence-electron chi connectivity index (χ4n) is 5.48. The normalized spacial score (nSPS) is 13.0. The maximum Gasteiger partial charge on any atom is 0.0620 e. The van der Waals surface area contributed by atoms with Crippen LogP contribution in [0.15, 0.2) is 122 Å². The molecule has 0 aliphatic carbocycles. The van der Waals surface area contributed by atoms with E-state index in [-0.39, 0.29) is 20.1 Å². The Kier molecular flexibility index (Phi) is 7.02. The predicted molar refractivity (Wildman–Crippen MR) is 163 cm³/mol. The first-order valence-electron chi connectivity index (χ1n) is 13.3. The van der Waals surface area contributed by atoms with Gasteiger partial charge in [-0.15, -0.1) is 35.9 Å². The van der Waals surface area contributed by atoms with Crippen LogP contribution >= 0.6 is 0 Å². The Balaban J connectivity index is 0.000000188. The molecule has 40 heavy (non-hydrogen) atoms. The zero-order chi connectivity index (χ0) is 26.3. The van der Waals surface area contributed by atoms with E-state index in [1.807, 2.05) is 42.5 Å². The minimum atomic E-state index is 0. The minimum Gasteiger partial charge on any atom is -0.506 e. The molecule has 0 saturated heterocycles.